The summed E-state index contributed by atoms with van der Waals surface area (Å²) in [6.45, 7) is 14.5. The van der Waals surface area contributed by atoms with Crippen molar-refractivity contribution in [2.45, 2.75) is 117 Å². The molecule has 0 radical (unpaired) electrons. The van der Waals surface area contributed by atoms with Gasteiger partial charge in [0.25, 0.3) is 0 Å². The molecule has 0 bridgehead atoms. The fourth-order valence-corrected chi connectivity index (χ4v) is 4.71. The summed E-state index contributed by atoms with van der Waals surface area (Å²) in [7, 11) is 0. The third-order valence-electron chi connectivity index (χ3n) is 6.50. The molecule has 0 heterocycles. The summed E-state index contributed by atoms with van der Waals surface area (Å²) in [5.41, 5.74) is 1.01. The molecule has 1 rings (SSSR count). The maximum atomic E-state index is 12.6. The van der Waals surface area contributed by atoms with Crippen molar-refractivity contribution in [3.8, 4) is 0 Å². The van der Waals surface area contributed by atoms with E-state index < -0.39 is 6.10 Å². The summed E-state index contributed by atoms with van der Waals surface area (Å²) in [4.78, 5) is 12.6. The molecule has 0 aromatic rings. The van der Waals surface area contributed by atoms with Crippen LogP contribution in [0.4, 0.5) is 0 Å². The van der Waals surface area contributed by atoms with Gasteiger partial charge in [0.1, 0.15) is 0 Å². The summed E-state index contributed by atoms with van der Waals surface area (Å²) in [6.07, 6.45) is 12.4. The lowest BCUT2D eigenvalue weighted by Gasteiger charge is -2.33. The number of rotatable bonds is 16. The Labute approximate surface area is 198 Å². The van der Waals surface area contributed by atoms with Gasteiger partial charge in [0, 0.05) is 18.5 Å². The lowest BCUT2D eigenvalue weighted by Crippen LogP contribution is -2.39. The molecule has 4 atom stereocenters. The normalized spacial score (nSPS) is 20.7. The highest BCUT2D eigenvalue weighted by Crippen LogP contribution is 2.30. The zero-order chi connectivity index (χ0) is 22.4. The Bertz CT molecular complexity index is 484. The van der Waals surface area contributed by atoms with Crippen LogP contribution in [0.5, 0.6) is 0 Å². The molecule has 5 heteroatoms. The number of allylic oxidation sites excluding steroid dienone is 1. The summed E-state index contributed by atoms with van der Waals surface area (Å²) < 4.78 is 0. The van der Waals surface area contributed by atoms with E-state index in [9.17, 15) is 9.90 Å². The van der Waals surface area contributed by atoms with Crippen LogP contribution >= 0.6 is 12.4 Å². The van der Waals surface area contributed by atoms with Gasteiger partial charge in [-0.3, -0.25) is 4.79 Å². The number of carbonyl (C=O) groups is 1. The Morgan fingerprint density at radius 2 is 1.84 bits per heavy atom. The van der Waals surface area contributed by atoms with E-state index in [1.165, 1.54) is 38.5 Å². The minimum atomic E-state index is -0.408. The predicted octanol–water partition coefficient (Wildman–Crippen LogP) is 6.02. The lowest BCUT2D eigenvalue weighted by atomic mass is 9.80. The van der Waals surface area contributed by atoms with Crippen LogP contribution in [-0.4, -0.2) is 36.2 Å². The number of nitrogens with one attached hydrogen (secondary N) is 2. The highest BCUT2D eigenvalue weighted by Gasteiger charge is 2.27. The van der Waals surface area contributed by atoms with Crippen molar-refractivity contribution in [2.24, 2.45) is 17.8 Å². The molecule has 1 saturated carbocycles. The topological polar surface area (TPSA) is 61.4 Å². The third-order valence-corrected chi connectivity index (χ3v) is 6.50. The number of unbranched alkanes of at least 4 members (excludes halogenated alkanes) is 1. The van der Waals surface area contributed by atoms with Crippen LogP contribution in [0.15, 0.2) is 12.2 Å². The molecule has 0 spiro atoms. The molecule has 0 aliphatic heterocycles. The van der Waals surface area contributed by atoms with Crippen molar-refractivity contribution >= 4 is 18.3 Å². The van der Waals surface area contributed by atoms with E-state index in [1.807, 2.05) is 6.92 Å². The van der Waals surface area contributed by atoms with Crippen molar-refractivity contribution in [1.82, 2.24) is 10.6 Å². The van der Waals surface area contributed by atoms with E-state index in [4.69, 9.17) is 0 Å². The fourth-order valence-electron chi connectivity index (χ4n) is 4.71. The monoisotopic (exact) mass is 458 g/mol. The van der Waals surface area contributed by atoms with Crippen LogP contribution in [0, 0.1) is 17.8 Å². The molecule has 31 heavy (non-hydrogen) atoms. The van der Waals surface area contributed by atoms with E-state index in [0.29, 0.717) is 24.8 Å². The molecule has 1 fully saturated rings. The second kappa shape index (κ2) is 17.9. The van der Waals surface area contributed by atoms with Crippen molar-refractivity contribution in [1.29, 1.82) is 0 Å². The van der Waals surface area contributed by atoms with Gasteiger partial charge in [0.15, 0.2) is 0 Å². The first-order chi connectivity index (χ1) is 14.3. The second-order valence-electron chi connectivity index (χ2n) is 10.1. The predicted molar refractivity (Wildman–Crippen MR) is 136 cm³/mol. The molecule has 184 valence electrons. The number of halogens is 1. The molecule has 4 unspecified atom stereocenters. The van der Waals surface area contributed by atoms with Gasteiger partial charge in [-0.15, -0.1) is 19.0 Å². The number of aliphatic hydroxyl groups excluding tert-OH is 1. The molecular formula is C26H51ClN2O2. The number of hydrogen-bond donors (Lipinski definition) is 3. The van der Waals surface area contributed by atoms with Gasteiger partial charge in [0.2, 0.25) is 5.91 Å². The quantitative estimate of drug-likeness (QED) is 0.195. The fraction of sp³-hybridized carbons (Fsp3) is 0.885. The Hall–Kier alpha value is -0.580. The third kappa shape index (κ3) is 14.2. The van der Waals surface area contributed by atoms with Crippen LogP contribution in [0.25, 0.3) is 0 Å². The van der Waals surface area contributed by atoms with Crippen molar-refractivity contribution < 1.29 is 9.90 Å². The minimum Gasteiger partial charge on any atom is -0.393 e. The van der Waals surface area contributed by atoms with Crippen molar-refractivity contribution in [3.05, 3.63) is 12.2 Å². The highest BCUT2D eigenvalue weighted by molar-refractivity contribution is 5.85. The summed E-state index contributed by atoms with van der Waals surface area (Å²) in [6, 6.07) is 0.599. The van der Waals surface area contributed by atoms with Gasteiger partial charge < -0.3 is 15.7 Å². The van der Waals surface area contributed by atoms with E-state index in [1.54, 1.807) is 0 Å². The summed E-state index contributed by atoms with van der Waals surface area (Å²) in [5.74, 6) is 1.35. The van der Waals surface area contributed by atoms with Crippen LogP contribution in [0.2, 0.25) is 0 Å². The maximum Gasteiger partial charge on any atom is 0.223 e. The van der Waals surface area contributed by atoms with Gasteiger partial charge in [-0.1, -0.05) is 45.6 Å². The summed E-state index contributed by atoms with van der Waals surface area (Å²) >= 11 is 0. The van der Waals surface area contributed by atoms with E-state index >= 15 is 0 Å². The summed E-state index contributed by atoms with van der Waals surface area (Å²) in [5, 5.41) is 17.6. The second-order valence-corrected chi connectivity index (χ2v) is 10.1. The van der Waals surface area contributed by atoms with E-state index in [0.717, 1.165) is 50.3 Å². The average molecular weight is 459 g/mol. The standard InChI is InChI=1S/C26H50N2O2.ClH/c1-6-7-16-28-26(30)23(18-21(4)5)19-24(29)15-14-22-12-8-9-13-25(22)27-17-10-11-20(2)3;/h20,22-25,27,29H,4,6-19H2,1-3,5H3,(H,28,30);1H. The van der Waals surface area contributed by atoms with Crippen LogP contribution in [0.1, 0.15) is 105 Å². The minimum absolute atomic E-state index is 0. The largest absolute Gasteiger partial charge is 0.393 e. The van der Waals surface area contributed by atoms with Gasteiger partial charge in [0.05, 0.1) is 6.10 Å². The zero-order valence-corrected chi connectivity index (χ0v) is 21.6. The number of amides is 1. The first kappa shape index (κ1) is 30.4. The Morgan fingerprint density at radius 3 is 2.48 bits per heavy atom. The molecule has 0 aromatic carbocycles. The molecule has 1 aliphatic carbocycles. The smallest absolute Gasteiger partial charge is 0.223 e. The molecule has 3 N–H and O–H groups in total. The van der Waals surface area contributed by atoms with Crippen molar-refractivity contribution in [2.75, 3.05) is 13.1 Å². The maximum absolute atomic E-state index is 12.6. The lowest BCUT2D eigenvalue weighted by molar-refractivity contribution is -0.126. The van der Waals surface area contributed by atoms with Crippen molar-refractivity contribution in [3.63, 3.8) is 0 Å². The average Bonchev–Trinajstić information content (AvgIpc) is 2.69. The Balaban J connectivity index is 0.00000900. The number of carbonyl (C=O) groups excluding carboxylic acids is 1. The van der Waals surface area contributed by atoms with Gasteiger partial charge in [-0.05, 0) is 83.1 Å². The Kier molecular flexibility index (Phi) is 17.6. The van der Waals surface area contributed by atoms with Gasteiger partial charge in [-0.25, -0.2) is 0 Å². The van der Waals surface area contributed by atoms with Gasteiger partial charge in [-0.2, -0.15) is 0 Å². The first-order valence-corrected chi connectivity index (χ1v) is 12.7. The molecule has 1 amide bonds. The van der Waals surface area contributed by atoms with Crippen LogP contribution in [0.3, 0.4) is 0 Å². The molecular weight excluding hydrogens is 408 g/mol. The van der Waals surface area contributed by atoms with E-state index in [2.05, 4.69) is 38.0 Å². The SMILES string of the molecule is C=C(C)CC(CC(O)CCC1CCCCC1NCCCC(C)C)C(=O)NCCCC.Cl. The first-order valence-electron chi connectivity index (χ1n) is 12.7. The van der Waals surface area contributed by atoms with Crippen LogP contribution in [-0.2, 0) is 4.79 Å². The molecule has 4 nitrogen and oxygen atoms in total. The zero-order valence-electron chi connectivity index (χ0n) is 20.8. The molecule has 0 saturated heterocycles. The number of aliphatic hydroxyl groups is 1. The Morgan fingerprint density at radius 1 is 1.13 bits per heavy atom. The molecule has 0 aromatic heterocycles. The van der Waals surface area contributed by atoms with E-state index in [-0.39, 0.29) is 24.2 Å². The number of hydrogen-bond acceptors (Lipinski definition) is 3. The van der Waals surface area contributed by atoms with Crippen LogP contribution < -0.4 is 10.6 Å². The highest BCUT2D eigenvalue weighted by atomic mass is 35.5. The van der Waals surface area contributed by atoms with Gasteiger partial charge >= 0.3 is 0 Å². The molecule has 1 aliphatic rings.